The average molecular weight is 388 g/mol. The summed E-state index contributed by atoms with van der Waals surface area (Å²) in [6.07, 6.45) is 3.49. The molecule has 28 heavy (non-hydrogen) atoms. The highest BCUT2D eigenvalue weighted by molar-refractivity contribution is 5.84. The molecule has 0 aliphatic carbocycles. The topological polar surface area (TPSA) is 51.3 Å². The molecule has 1 aromatic rings. The Hall–Kier alpha value is -1.83. The van der Waals surface area contributed by atoms with Gasteiger partial charge in [-0.3, -0.25) is 10.2 Å². The van der Waals surface area contributed by atoms with E-state index in [1.54, 1.807) is 5.06 Å². The van der Waals surface area contributed by atoms with Gasteiger partial charge in [-0.05, 0) is 64.0 Å². The first-order valence-electron chi connectivity index (χ1n) is 10.6. The third kappa shape index (κ3) is 4.59. The van der Waals surface area contributed by atoms with Crippen LogP contribution in [0.1, 0.15) is 26.2 Å². The molecule has 2 atom stereocenters. The molecule has 1 aromatic carbocycles. The molecule has 2 unspecified atom stereocenters. The van der Waals surface area contributed by atoms with Crippen molar-refractivity contribution in [3.63, 3.8) is 0 Å². The number of likely N-dealkylation sites (tertiary alicyclic amines) is 1. The Kier molecular flexibility index (Phi) is 6.04. The van der Waals surface area contributed by atoms with Gasteiger partial charge < -0.3 is 14.6 Å². The number of hydrogen-bond acceptors (Lipinski definition) is 6. The molecule has 7 nitrogen and oxygen atoms in total. The highest BCUT2D eigenvalue weighted by Crippen LogP contribution is 2.28. The predicted molar refractivity (Wildman–Crippen MR) is 112 cm³/mol. The van der Waals surface area contributed by atoms with Crippen LogP contribution in [0, 0.1) is 0 Å². The van der Waals surface area contributed by atoms with Gasteiger partial charge in [0.05, 0.1) is 0 Å². The van der Waals surface area contributed by atoms with Gasteiger partial charge in [0.1, 0.15) is 0 Å². The number of anilines is 2. The largest absolute Gasteiger partial charge is 0.430 e. The van der Waals surface area contributed by atoms with Crippen LogP contribution in [-0.2, 0) is 4.84 Å². The van der Waals surface area contributed by atoms with Gasteiger partial charge in [0, 0.05) is 62.7 Å². The molecule has 3 fully saturated rings. The number of carbonyl (C=O) groups is 1. The zero-order chi connectivity index (χ0) is 19.5. The molecule has 3 aliphatic rings. The van der Waals surface area contributed by atoms with E-state index < -0.39 is 6.09 Å². The summed E-state index contributed by atoms with van der Waals surface area (Å²) < 4.78 is 0. The van der Waals surface area contributed by atoms with Crippen LogP contribution in [0.2, 0.25) is 0 Å². The third-order valence-electron chi connectivity index (χ3n) is 6.39. The molecule has 0 aromatic heterocycles. The Balaban J connectivity index is 1.26. The molecule has 0 radical (unpaired) electrons. The Bertz CT molecular complexity index is 659. The maximum absolute atomic E-state index is 12.1. The Labute approximate surface area is 168 Å². The minimum Gasteiger partial charge on any atom is -0.370 e. The number of carbonyl (C=O) groups excluding carboxylic acids is 1. The molecule has 1 N–H and O–H groups in total. The first-order valence-corrected chi connectivity index (χ1v) is 10.6. The van der Waals surface area contributed by atoms with Gasteiger partial charge in [0.25, 0.3) is 0 Å². The van der Waals surface area contributed by atoms with Crippen LogP contribution in [-0.4, -0.2) is 85.9 Å². The van der Waals surface area contributed by atoms with E-state index in [-0.39, 0.29) is 0 Å². The number of nitrogens with zero attached hydrogens (tertiary/aromatic N) is 4. The second-order valence-corrected chi connectivity index (χ2v) is 8.40. The Morgan fingerprint density at radius 2 is 1.79 bits per heavy atom. The highest BCUT2D eigenvalue weighted by atomic mass is 16.7. The van der Waals surface area contributed by atoms with E-state index in [1.165, 1.54) is 31.5 Å². The molecule has 3 saturated heterocycles. The van der Waals surface area contributed by atoms with Crippen LogP contribution in [0.4, 0.5) is 16.2 Å². The predicted octanol–water partition coefficient (Wildman–Crippen LogP) is 2.46. The summed E-state index contributed by atoms with van der Waals surface area (Å²) in [7, 11) is 2.08. The molecule has 0 bridgehead atoms. The lowest BCUT2D eigenvalue weighted by atomic mass is 10.2. The van der Waals surface area contributed by atoms with Crippen LogP contribution in [0.5, 0.6) is 0 Å². The van der Waals surface area contributed by atoms with Gasteiger partial charge in [0.2, 0.25) is 0 Å². The molecule has 7 heteroatoms. The summed E-state index contributed by atoms with van der Waals surface area (Å²) in [5.41, 5.74) is 2.00. The number of rotatable bonds is 4. The van der Waals surface area contributed by atoms with Crippen molar-refractivity contribution in [2.45, 2.75) is 38.3 Å². The fourth-order valence-corrected chi connectivity index (χ4v) is 4.64. The smallest absolute Gasteiger partial charge is 0.370 e. The molecule has 0 saturated carbocycles. The zero-order valence-electron chi connectivity index (χ0n) is 17.1. The zero-order valence-corrected chi connectivity index (χ0v) is 17.1. The lowest BCUT2D eigenvalue weighted by Gasteiger charge is -2.30. The van der Waals surface area contributed by atoms with Gasteiger partial charge in [-0.1, -0.05) is 0 Å². The third-order valence-corrected chi connectivity index (χ3v) is 6.39. The van der Waals surface area contributed by atoms with E-state index in [0.29, 0.717) is 6.04 Å². The summed E-state index contributed by atoms with van der Waals surface area (Å²) in [4.78, 5) is 24.9. The first kappa shape index (κ1) is 19.5. The maximum Gasteiger partial charge on any atom is 0.430 e. The summed E-state index contributed by atoms with van der Waals surface area (Å²) in [5.74, 6) is 0. The standard InChI is InChI=1S/C21H33N5O2/c1-17-4-3-10-26(17)20-9-11-24(16-20)19-7-5-18(6-8-19)22-21(27)28-25-14-12-23(2)13-15-25/h5-8,17,20H,3-4,9-16H2,1-2H3,(H,22,27). The van der Waals surface area contributed by atoms with Crippen LogP contribution in [0.25, 0.3) is 0 Å². The van der Waals surface area contributed by atoms with Crippen molar-refractivity contribution in [1.29, 1.82) is 0 Å². The van der Waals surface area contributed by atoms with E-state index in [4.69, 9.17) is 4.84 Å². The average Bonchev–Trinajstić information content (AvgIpc) is 3.33. The number of nitrogens with one attached hydrogen (secondary N) is 1. The van der Waals surface area contributed by atoms with E-state index in [1.807, 2.05) is 12.1 Å². The van der Waals surface area contributed by atoms with Crippen molar-refractivity contribution < 1.29 is 9.63 Å². The van der Waals surface area contributed by atoms with Gasteiger partial charge in [-0.15, -0.1) is 5.06 Å². The molecule has 1 amide bonds. The summed E-state index contributed by atoms with van der Waals surface area (Å²) in [5, 5.41) is 4.56. The van der Waals surface area contributed by atoms with Crippen LogP contribution >= 0.6 is 0 Å². The molecular formula is C21H33N5O2. The lowest BCUT2D eigenvalue weighted by Crippen LogP contribution is -2.45. The fraction of sp³-hybridized carbons (Fsp3) is 0.667. The second kappa shape index (κ2) is 8.68. The molecular weight excluding hydrogens is 354 g/mol. The number of benzene rings is 1. The monoisotopic (exact) mass is 387 g/mol. The van der Waals surface area contributed by atoms with Gasteiger partial charge in [-0.2, -0.15) is 0 Å². The fourth-order valence-electron chi connectivity index (χ4n) is 4.64. The van der Waals surface area contributed by atoms with Gasteiger partial charge in [-0.25, -0.2) is 4.79 Å². The maximum atomic E-state index is 12.1. The van der Waals surface area contributed by atoms with E-state index in [9.17, 15) is 4.79 Å². The summed E-state index contributed by atoms with van der Waals surface area (Å²) in [6.45, 7) is 9.12. The van der Waals surface area contributed by atoms with Crippen molar-refractivity contribution in [1.82, 2.24) is 14.9 Å². The number of likely N-dealkylation sites (N-methyl/N-ethyl adjacent to an activating group) is 1. The second-order valence-electron chi connectivity index (χ2n) is 8.40. The minimum absolute atomic E-state index is 0.415. The van der Waals surface area contributed by atoms with Crippen LogP contribution in [0.3, 0.4) is 0 Å². The minimum atomic E-state index is -0.415. The van der Waals surface area contributed by atoms with Crippen molar-refractivity contribution in [2.24, 2.45) is 0 Å². The Morgan fingerprint density at radius 3 is 2.46 bits per heavy atom. The molecule has 4 rings (SSSR count). The quantitative estimate of drug-likeness (QED) is 0.857. The normalized spacial score (nSPS) is 27.3. The molecule has 154 valence electrons. The van der Waals surface area contributed by atoms with Gasteiger partial charge >= 0.3 is 6.09 Å². The van der Waals surface area contributed by atoms with Crippen LogP contribution < -0.4 is 10.2 Å². The van der Waals surface area contributed by atoms with Crippen molar-refractivity contribution >= 4 is 17.5 Å². The van der Waals surface area contributed by atoms with Crippen LogP contribution in [0.15, 0.2) is 24.3 Å². The number of amides is 1. The van der Waals surface area contributed by atoms with E-state index in [2.05, 4.69) is 46.1 Å². The van der Waals surface area contributed by atoms with Gasteiger partial charge in [0.15, 0.2) is 0 Å². The number of hydroxylamine groups is 2. The van der Waals surface area contributed by atoms with Crippen molar-refractivity contribution in [3.8, 4) is 0 Å². The highest BCUT2D eigenvalue weighted by Gasteiger charge is 2.32. The SMILES string of the molecule is CC1CCCN1C1CCN(c2ccc(NC(=O)ON3CCN(C)CC3)cc2)C1. The molecule has 0 spiro atoms. The van der Waals surface area contributed by atoms with E-state index >= 15 is 0 Å². The first-order chi connectivity index (χ1) is 13.6. The lowest BCUT2D eigenvalue weighted by molar-refractivity contribution is -0.115. The van der Waals surface area contributed by atoms with Crippen molar-refractivity contribution in [3.05, 3.63) is 24.3 Å². The number of hydrogen-bond donors (Lipinski definition) is 1. The van der Waals surface area contributed by atoms with Crippen molar-refractivity contribution in [2.75, 3.05) is 63.1 Å². The molecule has 3 heterocycles. The summed E-state index contributed by atoms with van der Waals surface area (Å²) >= 11 is 0. The Morgan fingerprint density at radius 1 is 1.04 bits per heavy atom. The van der Waals surface area contributed by atoms with E-state index in [0.717, 1.165) is 51.0 Å². The summed E-state index contributed by atoms with van der Waals surface area (Å²) in [6, 6.07) is 9.53. The molecule has 3 aliphatic heterocycles. The number of piperazine rings is 1.